The van der Waals surface area contributed by atoms with Crippen LogP contribution in [0.5, 0.6) is 5.75 Å². The Morgan fingerprint density at radius 3 is 2.85 bits per heavy atom. The first kappa shape index (κ1) is 18.9. The van der Waals surface area contributed by atoms with E-state index in [0.29, 0.717) is 29.2 Å². The molecule has 0 spiro atoms. The first-order valence-corrected chi connectivity index (χ1v) is 9.29. The number of halogens is 1. The number of fused-ring (bicyclic) bond motifs is 1. The Morgan fingerprint density at radius 1 is 1.19 bits per heavy atom. The predicted octanol–water partition coefficient (Wildman–Crippen LogP) is 4.94. The van der Waals surface area contributed by atoms with Crippen molar-refractivity contribution < 1.29 is 19.1 Å². The number of amides is 1. The SMILES string of the molecule is CCCOC(=O)c1cccc(NC(=O)C2=Cc3cc(Br)ccc3OC=C2)c1. The van der Waals surface area contributed by atoms with Crippen LogP contribution in [0.3, 0.4) is 0 Å². The number of carbonyl (C=O) groups excluding carboxylic acids is 2. The highest BCUT2D eigenvalue weighted by Gasteiger charge is 2.14. The van der Waals surface area contributed by atoms with Crippen molar-refractivity contribution in [2.75, 3.05) is 11.9 Å². The number of rotatable bonds is 5. The van der Waals surface area contributed by atoms with Gasteiger partial charge >= 0.3 is 5.97 Å². The Hall–Kier alpha value is -2.86. The van der Waals surface area contributed by atoms with Crippen molar-refractivity contribution in [3.63, 3.8) is 0 Å². The highest BCUT2D eigenvalue weighted by molar-refractivity contribution is 9.10. The zero-order chi connectivity index (χ0) is 19.2. The molecular formula is C21H18BrNO4. The molecule has 1 amide bonds. The zero-order valence-corrected chi connectivity index (χ0v) is 16.3. The number of ether oxygens (including phenoxy) is 2. The van der Waals surface area contributed by atoms with Crippen LogP contribution in [0.2, 0.25) is 0 Å². The summed E-state index contributed by atoms with van der Waals surface area (Å²) in [5.74, 6) is -0.0478. The molecule has 0 fully saturated rings. The summed E-state index contributed by atoms with van der Waals surface area (Å²) in [6.45, 7) is 2.29. The fraction of sp³-hybridized carbons (Fsp3) is 0.143. The third kappa shape index (κ3) is 4.86. The molecule has 1 aliphatic heterocycles. The molecule has 0 saturated carbocycles. The molecule has 0 aliphatic carbocycles. The Kier molecular flexibility index (Phi) is 6.08. The third-order valence-electron chi connectivity index (χ3n) is 3.78. The maximum absolute atomic E-state index is 12.7. The van der Waals surface area contributed by atoms with Crippen molar-refractivity contribution in [3.8, 4) is 5.75 Å². The first-order valence-electron chi connectivity index (χ1n) is 8.50. The number of benzene rings is 2. The molecular weight excluding hydrogens is 410 g/mol. The third-order valence-corrected chi connectivity index (χ3v) is 4.27. The van der Waals surface area contributed by atoms with Gasteiger partial charge in [-0.15, -0.1) is 0 Å². The standard InChI is InChI=1S/C21H18BrNO4/c1-2-9-27-21(25)15-4-3-5-18(13-15)23-20(24)14-8-10-26-19-7-6-17(22)12-16(19)11-14/h3-8,10-13H,2,9H2,1H3,(H,23,24). The van der Waals surface area contributed by atoms with E-state index in [1.54, 1.807) is 36.4 Å². The quantitative estimate of drug-likeness (QED) is 0.685. The lowest BCUT2D eigenvalue weighted by Gasteiger charge is -2.08. The van der Waals surface area contributed by atoms with Crippen LogP contribution in [0.25, 0.3) is 6.08 Å². The molecule has 1 heterocycles. The number of hydrogen-bond acceptors (Lipinski definition) is 4. The predicted molar refractivity (Wildman–Crippen MR) is 108 cm³/mol. The first-order chi connectivity index (χ1) is 13.1. The number of nitrogens with one attached hydrogen (secondary N) is 1. The molecule has 3 rings (SSSR count). The highest BCUT2D eigenvalue weighted by Crippen LogP contribution is 2.28. The van der Waals surface area contributed by atoms with E-state index in [0.717, 1.165) is 16.5 Å². The van der Waals surface area contributed by atoms with Gasteiger partial charge in [-0.2, -0.15) is 0 Å². The molecule has 0 radical (unpaired) electrons. The molecule has 138 valence electrons. The van der Waals surface area contributed by atoms with Gasteiger partial charge in [0, 0.05) is 21.3 Å². The lowest BCUT2D eigenvalue weighted by Crippen LogP contribution is -2.14. The van der Waals surface area contributed by atoms with E-state index in [1.807, 2.05) is 25.1 Å². The summed E-state index contributed by atoms with van der Waals surface area (Å²) >= 11 is 3.42. The van der Waals surface area contributed by atoms with Crippen LogP contribution in [0.1, 0.15) is 29.3 Å². The Balaban J connectivity index is 1.78. The minimum Gasteiger partial charge on any atom is -0.464 e. The van der Waals surface area contributed by atoms with Crippen molar-refractivity contribution in [1.29, 1.82) is 0 Å². The fourth-order valence-electron chi connectivity index (χ4n) is 2.48. The molecule has 0 aromatic heterocycles. The maximum Gasteiger partial charge on any atom is 0.338 e. The van der Waals surface area contributed by atoms with Gasteiger partial charge in [0.25, 0.3) is 5.91 Å². The van der Waals surface area contributed by atoms with Crippen LogP contribution in [0.4, 0.5) is 5.69 Å². The van der Waals surface area contributed by atoms with E-state index in [-0.39, 0.29) is 5.91 Å². The molecule has 1 N–H and O–H groups in total. The van der Waals surface area contributed by atoms with Gasteiger partial charge in [-0.3, -0.25) is 4.79 Å². The van der Waals surface area contributed by atoms with Crippen molar-refractivity contribution in [2.45, 2.75) is 13.3 Å². The zero-order valence-electron chi connectivity index (χ0n) is 14.7. The van der Waals surface area contributed by atoms with Crippen molar-refractivity contribution >= 4 is 39.6 Å². The van der Waals surface area contributed by atoms with Gasteiger partial charge in [-0.25, -0.2) is 4.79 Å². The molecule has 27 heavy (non-hydrogen) atoms. The molecule has 0 bridgehead atoms. The molecule has 1 aliphatic rings. The van der Waals surface area contributed by atoms with Gasteiger partial charge in [-0.05, 0) is 55.0 Å². The summed E-state index contributed by atoms with van der Waals surface area (Å²) in [5, 5.41) is 2.80. The van der Waals surface area contributed by atoms with Gasteiger partial charge in [0.15, 0.2) is 0 Å². The normalized spacial score (nSPS) is 12.3. The van der Waals surface area contributed by atoms with Crippen molar-refractivity contribution in [3.05, 3.63) is 76.0 Å². The van der Waals surface area contributed by atoms with Gasteiger partial charge in [0.2, 0.25) is 0 Å². The topological polar surface area (TPSA) is 64.6 Å². The van der Waals surface area contributed by atoms with E-state index in [9.17, 15) is 9.59 Å². The van der Waals surface area contributed by atoms with Crippen LogP contribution in [-0.2, 0) is 9.53 Å². The molecule has 0 unspecified atom stereocenters. The number of esters is 1. The Labute approximate surface area is 165 Å². The summed E-state index contributed by atoms with van der Waals surface area (Å²) in [4.78, 5) is 24.6. The van der Waals surface area contributed by atoms with Gasteiger partial charge in [0.1, 0.15) is 5.75 Å². The second-order valence-electron chi connectivity index (χ2n) is 5.87. The van der Waals surface area contributed by atoms with E-state index < -0.39 is 5.97 Å². The molecule has 2 aromatic carbocycles. The minimum atomic E-state index is -0.409. The fourth-order valence-corrected chi connectivity index (χ4v) is 2.86. The average molecular weight is 428 g/mol. The average Bonchev–Trinajstić information content (AvgIpc) is 2.88. The van der Waals surface area contributed by atoms with E-state index in [1.165, 1.54) is 6.26 Å². The van der Waals surface area contributed by atoms with Gasteiger partial charge in [0.05, 0.1) is 18.4 Å². The monoisotopic (exact) mass is 427 g/mol. The summed E-state index contributed by atoms with van der Waals surface area (Å²) in [5.41, 5.74) is 2.13. The van der Waals surface area contributed by atoms with Crippen LogP contribution < -0.4 is 10.1 Å². The van der Waals surface area contributed by atoms with Gasteiger partial charge in [-0.1, -0.05) is 28.9 Å². The second kappa shape index (κ2) is 8.68. The molecule has 0 saturated heterocycles. The smallest absolute Gasteiger partial charge is 0.338 e. The number of anilines is 1. The molecule has 6 heteroatoms. The summed E-state index contributed by atoms with van der Waals surface area (Å²) in [6, 6.07) is 12.2. The highest BCUT2D eigenvalue weighted by atomic mass is 79.9. The van der Waals surface area contributed by atoms with E-state index in [4.69, 9.17) is 9.47 Å². The van der Waals surface area contributed by atoms with Gasteiger partial charge < -0.3 is 14.8 Å². The second-order valence-corrected chi connectivity index (χ2v) is 6.79. The number of carbonyl (C=O) groups is 2. The minimum absolute atomic E-state index is 0.304. The summed E-state index contributed by atoms with van der Waals surface area (Å²) in [6.07, 6.45) is 5.58. The molecule has 5 nitrogen and oxygen atoms in total. The maximum atomic E-state index is 12.7. The van der Waals surface area contributed by atoms with Crippen molar-refractivity contribution in [2.24, 2.45) is 0 Å². The lowest BCUT2D eigenvalue weighted by molar-refractivity contribution is -0.112. The Bertz CT molecular complexity index is 934. The Morgan fingerprint density at radius 2 is 2.04 bits per heavy atom. The van der Waals surface area contributed by atoms with Crippen molar-refractivity contribution in [1.82, 2.24) is 0 Å². The lowest BCUT2D eigenvalue weighted by atomic mass is 10.1. The van der Waals surface area contributed by atoms with E-state index >= 15 is 0 Å². The number of hydrogen-bond donors (Lipinski definition) is 1. The van der Waals surface area contributed by atoms with Crippen LogP contribution in [0.15, 0.2) is 64.8 Å². The van der Waals surface area contributed by atoms with E-state index in [2.05, 4.69) is 21.2 Å². The summed E-state index contributed by atoms with van der Waals surface area (Å²) < 4.78 is 11.5. The molecule has 0 atom stereocenters. The van der Waals surface area contributed by atoms with Crippen LogP contribution >= 0.6 is 15.9 Å². The van der Waals surface area contributed by atoms with Crippen LogP contribution in [-0.4, -0.2) is 18.5 Å². The summed E-state index contributed by atoms with van der Waals surface area (Å²) in [7, 11) is 0. The largest absolute Gasteiger partial charge is 0.464 e. The molecule has 2 aromatic rings. The van der Waals surface area contributed by atoms with Crippen LogP contribution in [0, 0.1) is 0 Å².